The van der Waals surface area contributed by atoms with E-state index in [0.29, 0.717) is 29.8 Å². The molecule has 1 atom stereocenters. The molecular weight excluding hydrogens is 293 g/mol. The van der Waals surface area contributed by atoms with Crippen LogP contribution in [-0.2, 0) is 11.3 Å². The summed E-state index contributed by atoms with van der Waals surface area (Å²) in [5, 5.41) is 8.82. The molecule has 0 spiro atoms. The SMILES string of the molecule is CC(=O)N(C[C@H]1CCCN1Cc1ccc(C#N)cc1F)C1CC1. The second kappa shape index (κ2) is 6.67. The largest absolute Gasteiger partial charge is 0.338 e. The fraction of sp³-hybridized carbons (Fsp3) is 0.556. The molecule has 1 saturated heterocycles. The molecule has 4 nitrogen and oxygen atoms in total. The lowest BCUT2D eigenvalue weighted by Crippen LogP contribution is -2.43. The van der Waals surface area contributed by atoms with E-state index >= 15 is 0 Å². The first kappa shape index (κ1) is 15.9. The van der Waals surface area contributed by atoms with Gasteiger partial charge < -0.3 is 4.90 Å². The van der Waals surface area contributed by atoms with Gasteiger partial charge >= 0.3 is 0 Å². The van der Waals surface area contributed by atoms with Crippen LogP contribution in [0.15, 0.2) is 18.2 Å². The van der Waals surface area contributed by atoms with Crippen LogP contribution in [0.5, 0.6) is 0 Å². The van der Waals surface area contributed by atoms with E-state index in [2.05, 4.69) is 4.90 Å². The Balaban J connectivity index is 1.67. The van der Waals surface area contributed by atoms with Crippen LogP contribution in [0.25, 0.3) is 0 Å². The lowest BCUT2D eigenvalue weighted by Gasteiger charge is -2.30. The van der Waals surface area contributed by atoms with E-state index in [1.165, 1.54) is 6.07 Å². The van der Waals surface area contributed by atoms with Gasteiger partial charge in [0.05, 0.1) is 11.6 Å². The summed E-state index contributed by atoms with van der Waals surface area (Å²) in [5.74, 6) is -0.177. The molecule has 122 valence electrons. The van der Waals surface area contributed by atoms with E-state index in [9.17, 15) is 9.18 Å². The van der Waals surface area contributed by atoms with Gasteiger partial charge in [0.15, 0.2) is 0 Å². The van der Waals surface area contributed by atoms with Crippen molar-refractivity contribution in [1.82, 2.24) is 9.80 Å². The Kier molecular flexibility index (Phi) is 4.63. The van der Waals surface area contributed by atoms with E-state index < -0.39 is 0 Å². The van der Waals surface area contributed by atoms with Crippen molar-refractivity contribution in [2.24, 2.45) is 0 Å². The maximum Gasteiger partial charge on any atom is 0.219 e. The quantitative estimate of drug-likeness (QED) is 0.839. The van der Waals surface area contributed by atoms with Gasteiger partial charge in [0.2, 0.25) is 5.91 Å². The number of hydrogen-bond donors (Lipinski definition) is 0. The standard InChI is InChI=1S/C18H22FN3O/c1-13(23)22(16-6-7-16)12-17-3-2-8-21(17)11-15-5-4-14(10-20)9-18(15)19/h4-5,9,16-17H,2-3,6-8,11-12H2,1H3/t17-/m1/s1. The summed E-state index contributed by atoms with van der Waals surface area (Å²) >= 11 is 0. The van der Waals surface area contributed by atoms with Gasteiger partial charge in [0, 0.05) is 37.7 Å². The second-order valence-corrected chi connectivity index (χ2v) is 6.59. The van der Waals surface area contributed by atoms with Crippen molar-refractivity contribution < 1.29 is 9.18 Å². The predicted octanol–water partition coefficient (Wildman–Crippen LogP) is 2.67. The molecule has 1 amide bonds. The second-order valence-electron chi connectivity index (χ2n) is 6.59. The first-order valence-corrected chi connectivity index (χ1v) is 8.28. The number of benzene rings is 1. The molecule has 1 aromatic carbocycles. The molecule has 1 heterocycles. The fourth-order valence-corrected chi connectivity index (χ4v) is 3.42. The number of nitrogens with zero attached hydrogens (tertiary/aromatic N) is 3. The highest BCUT2D eigenvalue weighted by molar-refractivity contribution is 5.74. The molecule has 0 aromatic heterocycles. The third-order valence-corrected chi connectivity index (χ3v) is 4.85. The number of halogens is 1. The van der Waals surface area contributed by atoms with Crippen LogP contribution in [0.1, 0.15) is 43.7 Å². The Morgan fingerprint density at radius 2 is 2.22 bits per heavy atom. The lowest BCUT2D eigenvalue weighted by atomic mass is 10.1. The number of carbonyl (C=O) groups excluding carboxylic acids is 1. The molecular formula is C18H22FN3O. The fourth-order valence-electron chi connectivity index (χ4n) is 3.42. The van der Waals surface area contributed by atoms with E-state index in [1.54, 1.807) is 19.1 Å². The van der Waals surface area contributed by atoms with Gasteiger partial charge in [-0.05, 0) is 44.4 Å². The van der Waals surface area contributed by atoms with Gasteiger partial charge in [-0.25, -0.2) is 4.39 Å². The topological polar surface area (TPSA) is 47.3 Å². The number of carbonyl (C=O) groups is 1. The first-order chi connectivity index (χ1) is 11.1. The van der Waals surface area contributed by atoms with Crippen molar-refractivity contribution in [3.8, 4) is 6.07 Å². The highest BCUT2D eigenvalue weighted by atomic mass is 19.1. The van der Waals surface area contributed by atoms with Crippen molar-refractivity contribution in [3.05, 3.63) is 35.1 Å². The molecule has 0 radical (unpaired) electrons. The number of amides is 1. The molecule has 1 aliphatic carbocycles. The maximum atomic E-state index is 14.1. The van der Waals surface area contributed by atoms with Crippen LogP contribution >= 0.6 is 0 Å². The summed E-state index contributed by atoms with van der Waals surface area (Å²) in [6.45, 7) is 3.86. The van der Waals surface area contributed by atoms with E-state index in [4.69, 9.17) is 5.26 Å². The van der Waals surface area contributed by atoms with Crippen molar-refractivity contribution in [2.45, 2.75) is 51.2 Å². The molecule has 3 rings (SSSR count). The zero-order valence-corrected chi connectivity index (χ0v) is 13.5. The highest BCUT2D eigenvalue weighted by Crippen LogP contribution is 2.30. The molecule has 0 unspecified atom stereocenters. The smallest absolute Gasteiger partial charge is 0.219 e. The van der Waals surface area contributed by atoms with E-state index in [1.807, 2.05) is 11.0 Å². The Bertz CT molecular complexity index is 636. The van der Waals surface area contributed by atoms with Gasteiger partial charge in [-0.2, -0.15) is 5.26 Å². The zero-order valence-electron chi connectivity index (χ0n) is 13.5. The van der Waals surface area contributed by atoms with E-state index in [-0.39, 0.29) is 11.7 Å². The summed E-state index contributed by atoms with van der Waals surface area (Å²) in [6.07, 6.45) is 4.35. The normalized spacial score (nSPS) is 21.2. The van der Waals surface area contributed by atoms with Gasteiger partial charge in [0.25, 0.3) is 0 Å². The van der Waals surface area contributed by atoms with Crippen molar-refractivity contribution in [1.29, 1.82) is 5.26 Å². The number of rotatable bonds is 5. The summed E-state index contributed by atoms with van der Waals surface area (Å²) < 4.78 is 14.1. The molecule has 1 aliphatic heterocycles. The number of nitriles is 1. The number of hydrogen-bond acceptors (Lipinski definition) is 3. The molecule has 5 heteroatoms. The van der Waals surface area contributed by atoms with Gasteiger partial charge in [-0.3, -0.25) is 9.69 Å². The van der Waals surface area contributed by atoms with E-state index in [0.717, 1.165) is 38.8 Å². The summed E-state index contributed by atoms with van der Waals surface area (Å²) in [7, 11) is 0. The third-order valence-electron chi connectivity index (χ3n) is 4.85. The number of likely N-dealkylation sites (tertiary alicyclic amines) is 1. The highest BCUT2D eigenvalue weighted by Gasteiger charge is 2.35. The van der Waals surface area contributed by atoms with Crippen molar-refractivity contribution >= 4 is 5.91 Å². The monoisotopic (exact) mass is 315 g/mol. The van der Waals surface area contributed by atoms with Crippen LogP contribution in [0.4, 0.5) is 4.39 Å². The maximum absolute atomic E-state index is 14.1. The summed E-state index contributed by atoms with van der Waals surface area (Å²) in [5.41, 5.74) is 0.970. The Morgan fingerprint density at radius 1 is 1.43 bits per heavy atom. The van der Waals surface area contributed by atoms with Crippen LogP contribution in [-0.4, -0.2) is 40.9 Å². The van der Waals surface area contributed by atoms with Crippen molar-refractivity contribution in [3.63, 3.8) is 0 Å². The zero-order chi connectivity index (χ0) is 16.4. The molecule has 23 heavy (non-hydrogen) atoms. The van der Waals surface area contributed by atoms with Gasteiger partial charge in [-0.15, -0.1) is 0 Å². The summed E-state index contributed by atoms with van der Waals surface area (Å²) in [6, 6.07) is 7.34. The molecule has 1 saturated carbocycles. The lowest BCUT2D eigenvalue weighted by molar-refractivity contribution is -0.130. The third kappa shape index (κ3) is 3.70. The average Bonchev–Trinajstić information content (AvgIpc) is 3.27. The van der Waals surface area contributed by atoms with Crippen LogP contribution in [0.3, 0.4) is 0 Å². The predicted molar refractivity (Wildman–Crippen MR) is 85.0 cm³/mol. The van der Waals surface area contributed by atoms with Gasteiger partial charge in [-0.1, -0.05) is 6.07 Å². The van der Waals surface area contributed by atoms with Crippen LogP contribution in [0, 0.1) is 17.1 Å². The minimum absolute atomic E-state index is 0.143. The van der Waals surface area contributed by atoms with Crippen LogP contribution in [0.2, 0.25) is 0 Å². The Hall–Kier alpha value is -1.93. The van der Waals surface area contributed by atoms with Gasteiger partial charge in [0.1, 0.15) is 5.82 Å². The molecule has 1 aromatic rings. The molecule has 0 bridgehead atoms. The summed E-state index contributed by atoms with van der Waals surface area (Å²) in [4.78, 5) is 16.1. The van der Waals surface area contributed by atoms with Crippen LogP contribution < -0.4 is 0 Å². The average molecular weight is 315 g/mol. The minimum atomic E-state index is -0.319. The molecule has 2 aliphatic rings. The Labute approximate surface area is 136 Å². The van der Waals surface area contributed by atoms with Crippen molar-refractivity contribution in [2.75, 3.05) is 13.1 Å². The molecule has 0 N–H and O–H groups in total. The minimum Gasteiger partial charge on any atom is -0.338 e. The first-order valence-electron chi connectivity index (χ1n) is 8.28. The Morgan fingerprint density at radius 3 is 2.83 bits per heavy atom. The molecule has 2 fully saturated rings.